The zero-order chi connectivity index (χ0) is 19.7. The third-order valence-corrected chi connectivity index (χ3v) is 5.70. The van der Waals surface area contributed by atoms with Crippen molar-refractivity contribution in [2.45, 2.75) is 19.3 Å². The van der Waals surface area contributed by atoms with E-state index in [0.29, 0.717) is 12.1 Å². The number of amides is 1. The Balaban J connectivity index is 0.00000240. The summed E-state index contributed by atoms with van der Waals surface area (Å²) in [5.74, 6) is -0.625. The fourth-order valence-corrected chi connectivity index (χ4v) is 4.11. The van der Waals surface area contributed by atoms with E-state index in [1.165, 1.54) is 24.3 Å². The van der Waals surface area contributed by atoms with Crippen LogP contribution in [-0.2, 0) is 11.2 Å². The van der Waals surface area contributed by atoms with Crippen LogP contribution < -0.4 is 4.90 Å². The molecule has 0 spiro atoms. The Morgan fingerprint density at radius 2 is 1.62 bits per heavy atom. The maximum Gasteiger partial charge on any atom is 0.231 e. The van der Waals surface area contributed by atoms with Crippen LogP contribution in [0.5, 0.6) is 0 Å². The summed E-state index contributed by atoms with van der Waals surface area (Å²) in [6.07, 6.45) is 1.76. The van der Waals surface area contributed by atoms with Crippen molar-refractivity contribution in [1.29, 1.82) is 0 Å². The Morgan fingerprint density at radius 3 is 2.31 bits per heavy atom. The van der Waals surface area contributed by atoms with Crippen LogP contribution >= 0.6 is 12.4 Å². The highest BCUT2D eigenvalue weighted by Gasteiger charge is 2.29. The Hall–Kier alpha value is -2.31. The van der Waals surface area contributed by atoms with Crippen molar-refractivity contribution in [2.75, 3.05) is 31.1 Å². The first-order chi connectivity index (χ1) is 13.5. The lowest BCUT2D eigenvalue weighted by Crippen LogP contribution is -2.41. The molecule has 154 valence electrons. The van der Waals surface area contributed by atoms with Crippen molar-refractivity contribution in [1.82, 2.24) is 4.90 Å². The number of nitrogens with zero attached hydrogens (tertiary/aromatic N) is 2. The van der Waals surface area contributed by atoms with Crippen LogP contribution in [0.4, 0.5) is 14.5 Å². The molecule has 29 heavy (non-hydrogen) atoms. The van der Waals surface area contributed by atoms with E-state index in [-0.39, 0.29) is 48.1 Å². The van der Waals surface area contributed by atoms with Gasteiger partial charge in [-0.1, -0.05) is 0 Å². The molecule has 0 aromatic heterocycles. The molecule has 1 saturated heterocycles. The van der Waals surface area contributed by atoms with Crippen molar-refractivity contribution in [3.63, 3.8) is 0 Å². The van der Waals surface area contributed by atoms with Gasteiger partial charge in [-0.3, -0.25) is 9.59 Å². The highest BCUT2D eigenvalue weighted by atomic mass is 35.5. The molecule has 0 saturated carbocycles. The number of hydrogen-bond acceptors (Lipinski definition) is 3. The van der Waals surface area contributed by atoms with Crippen molar-refractivity contribution >= 4 is 29.8 Å². The van der Waals surface area contributed by atoms with Crippen LogP contribution in [-0.4, -0.2) is 42.8 Å². The highest BCUT2D eigenvalue weighted by molar-refractivity contribution is 6.01. The Bertz CT molecular complexity index is 896. The second-order valence-corrected chi connectivity index (χ2v) is 7.48. The molecule has 1 fully saturated rings. The molecule has 0 aliphatic carbocycles. The number of halogens is 3. The minimum atomic E-state index is -0.341. The average Bonchev–Trinajstić information content (AvgIpc) is 3.01. The molecule has 0 atom stereocenters. The molecule has 1 amide bonds. The second kappa shape index (κ2) is 9.01. The number of benzene rings is 2. The molecule has 4 nitrogen and oxygen atoms in total. The largest absolute Gasteiger partial charge is 0.311 e. The SMILES string of the molecule is Cl.O=C(c1ccc(F)cc1)C1CCN(CCN2C(=O)Cc3cc(F)ccc32)CC1. The molecule has 0 unspecified atom stereocenters. The zero-order valence-corrected chi connectivity index (χ0v) is 16.8. The number of carbonyl (C=O) groups excluding carboxylic acids is 2. The molecule has 2 aromatic rings. The first kappa shape index (κ1) is 21.4. The van der Waals surface area contributed by atoms with Gasteiger partial charge in [-0.15, -0.1) is 12.4 Å². The summed E-state index contributed by atoms with van der Waals surface area (Å²) >= 11 is 0. The van der Waals surface area contributed by atoms with Gasteiger partial charge < -0.3 is 9.80 Å². The summed E-state index contributed by atoms with van der Waals surface area (Å²) in [5, 5.41) is 0. The highest BCUT2D eigenvalue weighted by Crippen LogP contribution is 2.29. The topological polar surface area (TPSA) is 40.6 Å². The van der Waals surface area contributed by atoms with Gasteiger partial charge >= 0.3 is 0 Å². The van der Waals surface area contributed by atoms with E-state index < -0.39 is 0 Å². The summed E-state index contributed by atoms with van der Waals surface area (Å²) in [7, 11) is 0. The number of ketones is 1. The molecular formula is C22H23ClF2N2O2. The van der Waals surface area contributed by atoms with Gasteiger partial charge in [0, 0.05) is 30.3 Å². The molecule has 2 aliphatic rings. The monoisotopic (exact) mass is 420 g/mol. The van der Waals surface area contributed by atoms with Crippen LogP contribution in [0.25, 0.3) is 0 Å². The van der Waals surface area contributed by atoms with Gasteiger partial charge in [-0.05, 0) is 74.0 Å². The van der Waals surface area contributed by atoms with E-state index in [2.05, 4.69) is 4.90 Å². The third-order valence-electron chi connectivity index (χ3n) is 5.70. The van der Waals surface area contributed by atoms with Gasteiger partial charge in [0.2, 0.25) is 5.91 Å². The maximum absolute atomic E-state index is 13.4. The van der Waals surface area contributed by atoms with Crippen LogP contribution in [0.3, 0.4) is 0 Å². The van der Waals surface area contributed by atoms with E-state index in [0.717, 1.165) is 43.7 Å². The lowest BCUT2D eigenvalue weighted by molar-refractivity contribution is -0.117. The molecule has 0 radical (unpaired) electrons. The van der Waals surface area contributed by atoms with Gasteiger partial charge in [0.1, 0.15) is 11.6 Å². The van der Waals surface area contributed by atoms with Crippen molar-refractivity contribution < 1.29 is 18.4 Å². The lowest BCUT2D eigenvalue weighted by atomic mass is 9.89. The summed E-state index contributed by atoms with van der Waals surface area (Å²) in [4.78, 5) is 28.8. The van der Waals surface area contributed by atoms with Crippen molar-refractivity contribution in [2.24, 2.45) is 5.92 Å². The smallest absolute Gasteiger partial charge is 0.231 e. The fourth-order valence-electron chi connectivity index (χ4n) is 4.11. The summed E-state index contributed by atoms with van der Waals surface area (Å²) < 4.78 is 26.4. The predicted octanol–water partition coefficient (Wildman–Crippen LogP) is 3.87. The number of rotatable bonds is 5. The summed E-state index contributed by atoms with van der Waals surface area (Å²) in [6.45, 7) is 2.86. The first-order valence-electron chi connectivity index (χ1n) is 9.62. The van der Waals surface area contributed by atoms with Gasteiger partial charge in [0.25, 0.3) is 0 Å². The van der Waals surface area contributed by atoms with Crippen LogP contribution in [0.2, 0.25) is 0 Å². The average molecular weight is 421 g/mol. The first-order valence-corrected chi connectivity index (χ1v) is 9.62. The molecule has 7 heteroatoms. The minimum absolute atomic E-state index is 0. The molecular weight excluding hydrogens is 398 g/mol. The van der Waals surface area contributed by atoms with E-state index in [1.54, 1.807) is 23.1 Å². The third kappa shape index (κ3) is 4.65. The van der Waals surface area contributed by atoms with Crippen LogP contribution in [0, 0.1) is 17.6 Å². The number of fused-ring (bicyclic) bond motifs is 1. The summed E-state index contributed by atoms with van der Waals surface area (Å²) in [5.41, 5.74) is 2.10. The lowest BCUT2D eigenvalue weighted by Gasteiger charge is -2.32. The minimum Gasteiger partial charge on any atom is -0.311 e. The van der Waals surface area contributed by atoms with E-state index in [4.69, 9.17) is 0 Å². The van der Waals surface area contributed by atoms with E-state index in [9.17, 15) is 18.4 Å². The number of carbonyl (C=O) groups is 2. The normalized spacial score (nSPS) is 17.2. The molecule has 2 heterocycles. The Morgan fingerprint density at radius 1 is 0.966 bits per heavy atom. The molecule has 0 N–H and O–H groups in total. The van der Waals surface area contributed by atoms with Crippen LogP contribution in [0.15, 0.2) is 42.5 Å². The summed E-state index contributed by atoms with van der Waals surface area (Å²) in [6, 6.07) is 10.2. The molecule has 2 aliphatic heterocycles. The van der Waals surface area contributed by atoms with E-state index >= 15 is 0 Å². The quantitative estimate of drug-likeness (QED) is 0.689. The number of likely N-dealkylation sites (tertiary alicyclic amines) is 1. The van der Waals surface area contributed by atoms with E-state index in [1.807, 2.05) is 0 Å². The van der Waals surface area contributed by atoms with Gasteiger partial charge in [-0.25, -0.2) is 8.78 Å². The molecule has 4 rings (SSSR count). The number of Topliss-reactive ketones (excluding diaryl/α,β-unsaturated/α-hetero) is 1. The van der Waals surface area contributed by atoms with Gasteiger partial charge in [0.15, 0.2) is 5.78 Å². The number of anilines is 1. The Labute approximate surface area is 174 Å². The zero-order valence-electron chi connectivity index (χ0n) is 15.9. The van der Waals surface area contributed by atoms with Gasteiger partial charge in [0.05, 0.1) is 6.42 Å². The van der Waals surface area contributed by atoms with Crippen LogP contribution in [0.1, 0.15) is 28.8 Å². The van der Waals surface area contributed by atoms with Crippen molar-refractivity contribution in [3.05, 3.63) is 65.2 Å². The predicted molar refractivity (Wildman–Crippen MR) is 110 cm³/mol. The maximum atomic E-state index is 13.4. The fraction of sp³-hybridized carbons (Fsp3) is 0.364. The number of hydrogen-bond donors (Lipinski definition) is 0. The second-order valence-electron chi connectivity index (χ2n) is 7.48. The number of piperidine rings is 1. The molecule has 0 bridgehead atoms. The molecule has 2 aromatic carbocycles. The van der Waals surface area contributed by atoms with Crippen molar-refractivity contribution in [3.8, 4) is 0 Å². The van der Waals surface area contributed by atoms with Gasteiger partial charge in [-0.2, -0.15) is 0 Å². The Kier molecular flexibility index (Phi) is 6.65. The standard InChI is InChI=1S/C22H22F2N2O2.ClH/c23-18-3-1-15(2-4-18)22(28)16-7-9-25(10-8-16)11-12-26-20-6-5-19(24)13-17(20)14-21(26)27;/h1-6,13,16H,7-12,14H2;1H.